The maximum atomic E-state index is 5.56. The maximum absolute atomic E-state index is 5.56. The van der Waals surface area contributed by atoms with E-state index in [4.69, 9.17) is 5.73 Å². The topological polar surface area (TPSA) is 45.4 Å². The van der Waals surface area contributed by atoms with Crippen LogP contribution in [0.3, 0.4) is 0 Å². The van der Waals surface area contributed by atoms with Gasteiger partial charge < -0.3 is 10.6 Å². The molecule has 2 heterocycles. The minimum Gasteiger partial charge on any atom is -0.354 e. The number of nitrogens with zero attached hydrogens (tertiary/aromatic N) is 3. The standard InChI is InChI=1S/C17H24N4/c18-8-3-4-10-20-11-13-21(14-12-20)17-16-6-2-1-5-15(16)7-9-19-17/h1-2,5-7,9H,3-4,8,10-14,18H2. The van der Waals surface area contributed by atoms with E-state index in [2.05, 4.69) is 45.1 Å². The highest BCUT2D eigenvalue weighted by Crippen LogP contribution is 2.24. The van der Waals surface area contributed by atoms with Crippen molar-refractivity contribution in [1.29, 1.82) is 0 Å². The number of unbranched alkanes of at least 4 members (excludes halogenated alkanes) is 1. The van der Waals surface area contributed by atoms with Crippen molar-refractivity contribution in [1.82, 2.24) is 9.88 Å². The van der Waals surface area contributed by atoms with Crippen LogP contribution in [0, 0.1) is 0 Å². The summed E-state index contributed by atoms with van der Waals surface area (Å²) < 4.78 is 0. The average Bonchev–Trinajstić information content (AvgIpc) is 2.55. The van der Waals surface area contributed by atoms with Gasteiger partial charge in [0, 0.05) is 37.8 Å². The van der Waals surface area contributed by atoms with E-state index in [1.54, 1.807) is 0 Å². The van der Waals surface area contributed by atoms with Crippen molar-refractivity contribution in [3.05, 3.63) is 36.5 Å². The molecule has 112 valence electrons. The van der Waals surface area contributed by atoms with Crippen LogP contribution in [0.15, 0.2) is 36.5 Å². The lowest BCUT2D eigenvalue weighted by molar-refractivity contribution is 0.253. The molecular formula is C17H24N4. The molecule has 21 heavy (non-hydrogen) atoms. The summed E-state index contributed by atoms with van der Waals surface area (Å²) in [6, 6.07) is 10.6. The van der Waals surface area contributed by atoms with E-state index in [9.17, 15) is 0 Å². The first-order valence-corrected chi connectivity index (χ1v) is 7.89. The first kappa shape index (κ1) is 14.3. The van der Waals surface area contributed by atoms with Crippen LogP contribution in [-0.2, 0) is 0 Å². The first-order chi connectivity index (χ1) is 10.4. The van der Waals surface area contributed by atoms with Crippen LogP contribution < -0.4 is 10.6 Å². The van der Waals surface area contributed by atoms with Gasteiger partial charge in [-0.2, -0.15) is 0 Å². The Bertz CT molecular complexity index is 571. The van der Waals surface area contributed by atoms with Gasteiger partial charge in [0.15, 0.2) is 0 Å². The van der Waals surface area contributed by atoms with E-state index in [-0.39, 0.29) is 0 Å². The second-order valence-electron chi connectivity index (χ2n) is 5.68. The van der Waals surface area contributed by atoms with Crippen LogP contribution in [0.4, 0.5) is 5.82 Å². The Balaban J connectivity index is 1.66. The SMILES string of the molecule is NCCCCN1CCN(c2nccc3ccccc23)CC1. The quantitative estimate of drug-likeness (QED) is 0.854. The Morgan fingerprint density at radius 1 is 1.00 bits per heavy atom. The van der Waals surface area contributed by atoms with Crippen LogP contribution in [-0.4, -0.2) is 49.2 Å². The fraction of sp³-hybridized carbons (Fsp3) is 0.471. The Morgan fingerprint density at radius 2 is 1.81 bits per heavy atom. The third-order valence-electron chi connectivity index (χ3n) is 4.25. The number of nitrogens with two attached hydrogens (primary N) is 1. The largest absolute Gasteiger partial charge is 0.354 e. The summed E-state index contributed by atoms with van der Waals surface area (Å²) in [6.07, 6.45) is 4.26. The molecule has 0 atom stereocenters. The Kier molecular flexibility index (Phi) is 4.68. The molecule has 0 unspecified atom stereocenters. The molecule has 3 rings (SSSR count). The molecule has 0 spiro atoms. The van der Waals surface area contributed by atoms with Crippen molar-refractivity contribution in [3.8, 4) is 0 Å². The van der Waals surface area contributed by atoms with Crippen LogP contribution in [0.5, 0.6) is 0 Å². The molecule has 1 saturated heterocycles. The number of hydrogen-bond acceptors (Lipinski definition) is 4. The first-order valence-electron chi connectivity index (χ1n) is 7.89. The number of aromatic nitrogens is 1. The molecule has 0 radical (unpaired) electrons. The lowest BCUT2D eigenvalue weighted by atomic mass is 10.1. The molecule has 0 amide bonds. The third-order valence-corrected chi connectivity index (χ3v) is 4.25. The molecule has 2 aromatic rings. The summed E-state index contributed by atoms with van der Waals surface area (Å²) in [4.78, 5) is 9.58. The minimum absolute atomic E-state index is 0.805. The number of rotatable bonds is 5. The molecule has 0 saturated carbocycles. The summed E-state index contributed by atoms with van der Waals surface area (Å²) in [5.41, 5.74) is 5.56. The van der Waals surface area contributed by atoms with Crippen molar-refractivity contribution in [3.63, 3.8) is 0 Å². The lowest BCUT2D eigenvalue weighted by Crippen LogP contribution is -2.47. The minimum atomic E-state index is 0.805. The van der Waals surface area contributed by atoms with E-state index in [0.29, 0.717) is 0 Å². The van der Waals surface area contributed by atoms with E-state index in [1.807, 2.05) is 6.20 Å². The van der Waals surface area contributed by atoms with Gasteiger partial charge in [0.2, 0.25) is 0 Å². The zero-order chi connectivity index (χ0) is 14.5. The molecular weight excluding hydrogens is 260 g/mol. The lowest BCUT2D eigenvalue weighted by Gasteiger charge is -2.35. The fourth-order valence-corrected chi connectivity index (χ4v) is 3.02. The summed E-state index contributed by atoms with van der Waals surface area (Å²) in [5, 5.41) is 2.53. The molecule has 0 aliphatic carbocycles. The molecule has 2 N–H and O–H groups in total. The maximum Gasteiger partial charge on any atom is 0.136 e. The third kappa shape index (κ3) is 3.34. The Hall–Kier alpha value is -1.65. The molecule has 1 fully saturated rings. The van der Waals surface area contributed by atoms with Gasteiger partial charge in [0.05, 0.1) is 0 Å². The monoisotopic (exact) mass is 284 g/mol. The van der Waals surface area contributed by atoms with Crippen LogP contribution in [0.25, 0.3) is 10.8 Å². The summed E-state index contributed by atoms with van der Waals surface area (Å²) >= 11 is 0. The average molecular weight is 284 g/mol. The molecule has 1 aromatic heterocycles. The zero-order valence-electron chi connectivity index (χ0n) is 12.5. The highest BCUT2D eigenvalue weighted by Gasteiger charge is 2.18. The molecule has 4 nitrogen and oxygen atoms in total. The summed E-state index contributed by atoms with van der Waals surface area (Å²) in [5.74, 6) is 1.13. The van der Waals surface area contributed by atoms with Crippen molar-refractivity contribution in [2.45, 2.75) is 12.8 Å². The van der Waals surface area contributed by atoms with Gasteiger partial charge in [-0.1, -0.05) is 24.3 Å². The van der Waals surface area contributed by atoms with Gasteiger partial charge in [-0.25, -0.2) is 4.98 Å². The van der Waals surface area contributed by atoms with Crippen molar-refractivity contribution >= 4 is 16.6 Å². The molecule has 4 heteroatoms. The van der Waals surface area contributed by atoms with E-state index in [1.165, 1.54) is 23.7 Å². The van der Waals surface area contributed by atoms with Gasteiger partial charge in [-0.05, 0) is 37.4 Å². The number of fused-ring (bicyclic) bond motifs is 1. The van der Waals surface area contributed by atoms with Crippen LogP contribution in [0.1, 0.15) is 12.8 Å². The number of pyridine rings is 1. The highest BCUT2D eigenvalue weighted by atomic mass is 15.3. The van der Waals surface area contributed by atoms with Gasteiger partial charge in [-0.15, -0.1) is 0 Å². The predicted octanol–water partition coefficient (Wildman–Crippen LogP) is 2.10. The zero-order valence-corrected chi connectivity index (χ0v) is 12.5. The summed E-state index contributed by atoms with van der Waals surface area (Å²) in [6.45, 7) is 6.34. The van der Waals surface area contributed by atoms with E-state index >= 15 is 0 Å². The predicted molar refractivity (Wildman–Crippen MR) is 88.7 cm³/mol. The molecule has 1 aliphatic rings. The van der Waals surface area contributed by atoms with Gasteiger partial charge in [-0.3, -0.25) is 4.90 Å². The van der Waals surface area contributed by atoms with Crippen molar-refractivity contribution < 1.29 is 0 Å². The number of piperazine rings is 1. The number of benzene rings is 1. The molecule has 1 aliphatic heterocycles. The van der Waals surface area contributed by atoms with Gasteiger partial charge >= 0.3 is 0 Å². The molecule has 0 bridgehead atoms. The normalized spacial score (nSPS) is 16.5. The van der Waals surface area contributed by atoms with Crippen molar-refractivity contribution in [2.75, 3.05) is 44.2 Å². The Morgan fingerprint density at radius 3 is 2.62 bits per heavy atom. The van der Waals surface area contributed by atoms with Gasteiger partial charge in [0.25, 0.3) is 0 Å². The highest BCUT2D eigenvalue weighted by molar-refractivity contribution is 5.92. The van der Waals surface area contributed by atoms with E-state index in [0.717, 1.165) is 45.0 Å². The second kappa shape index (κ2) is 6.87. The molecule has 1 aromatic carbocycles. The second-order valence-corrected chi connectivity index (χ2v) is 5.68. The summed E-state index contributed by atoms with van der Waals surface area (Å²) in [7, 11) is 0. The van der Waals surface area contributed by atoms with Crippen molar-refractivity contribution in [2.24, 2.45) is 5.73 Å². The number of hydrogen-bond donors (Lipinski definition) is 1. The van der Waals surface area contributed by atoms with Gasteiger partial charge in [0.1, 0.15) is 5.82 Å². The Labute approximate surface area is 126 Å². The van der Waals surface area contributed by atoms with Crippen LogP contribution in [0.2, 0.25) is 0 Å². The van der Waals surface area contributed by atoms with Crippen LogP contribution >= 0.6 is 0 Å². The number of anilines is 1. The fourth-order valence-electron chi connectivity index (χ4n) is 3.02. The van der Waals surface area contributed by atoms with E-state index < -0.39 is 0 Å². The smallest absolute Gasteiger partial charge is 0.136 e.